The Morgan fingerprint density at radius 3 is 1.79 bits per heavy atom. The molecule has 0 saturated carbocycles. The van der Waals surface area contributed by atoms with Gasteiger partial charge in [-0.05, 0) is 26.0 Å². The molecule has 14 heavy (non-hydrogen) atoms. The lowest BCUT2D eigenvalue weighted by Crippen LogP contribution is -2.28. The fraction of sp³-hybridized carbons (Fsp3) is 0.222. The molecule has 0 rings (SSSR count). The minimum absolute atomic E-state index is 0.480. The number of amides is 2. The van der Waals surface area contributed by atoms with Crippen molar-refractivity contribution in [3.05, 3.63) is 24.3 Å². The minimum Gasteiger partial charge on any atom is -0.245 e. The zero-order valence-electron chi connectivity index (χ0n) is 8.27. The van der Waals surface area contributed by atoms with E-state index in [4.69, 9.17) is 0 Å². The first-order valence-corrected chi connectivity index (χ1v) is 4.16. The van der Waals surface area contributed by atoms with Crippen LogP contribution in [-0.4, -0.2) is 18.5 Å². The fourth-order valence-electron chi connectivity index (χ4n) is 0.475. The highest BCUT2D eigenvalue weighted by Crippen LogP contribution is 1.68. The second kappa shape index (κ2) is 9.18. The maximum atomic E-state index is 10.9. The molecule has 0 bridgehead atoms. The summed E-state index contributed by atoms with van der Waals surface area (Å²) in [5, 5.41) is 7.19. The molecule has 2 amide bonds. The Balaban J connectivity index is 3.65. The van der Waals surface area contributed by atoms with Crippen LogP contribution >= 0.6 is 0 Å². The maximum absolute atomic E-state index is 10.9. The van der Waals surface area contributed by atoms with Crippen LogP contribution in [-0.2, 0) is 0 Å². The van der Waals surface area contributed by atoms with E-state index >= 15 is 0 Å². The molecule has 0 aromatic heterocycles. The Hall–Kier alpha value is -1.91. The van der Waals surface area contributed by atoms with Crippen molar-refractivity contribution in [1.29, 1.82) is 0 Å². The van der Waals surface area contributed by atoms with Crippen LogP contribution in [0.25, 0.3) is 0 Å². The summed E-state index contributed by atoms with van der Waals surface area (Å²) in [5.74, 6) is 0. The van der Waals surface area contributed by atoms with E-state index in [1.807, 2.05) is 13.8 Å². The first-order valence-electron chi connectivity index (χ1n) is 4.16. The molecular formula is C9H14N4O. The zero-order chi connectivity index (χ0) is 10.6. The Bertz CT molecular complexity index is 240. The highest BCUT2D eigenvalue weighted by atomic mass is 16.2. The van der Waals surface area contributed by atoms with Gasteiger partial charge in [-0.15, -0.1) is 0 Å². The molecule has 76 valence electrons. The van der Waals surface area contributed by atoms with Crippen molar-refractivity contribution in [2.45, 2.75) is 13.8 Å². The smallest absolute Gasteiger partial charge is 0.245 e. The van der Waals surface area contributed by atoms with Crippen LogP contribution in [0.5, 0.6) is 0 Å². The summed E-state index contributed by atoms with van der Waals surface area (Å²) in [6, 6.07) is -0.480. The molecular weight excluding hydrogens is 180 g/mol. The van der Waals surface area contributed by atoms with E-state index < -0.39 is 6.03 Å². The maximum Gasteiger partial charge on any atom is 0.355 e. The van der Waals surface area contributed by atoms with Crippen LogP contribution in [0.1, 0.15) is 13.8 Å². The molecule has 0 spiro atoms. The number of carbonyl (C=O) groups is 1. The van der Waals surface area contributed by atoms with Crippen molar-refractivity contribution in [2.24, 2.45) is 10.2 Å². The van der Waals surface area contributed by atoms with Gasteiger partial charge in [0.05, 0.1) is 0 Å². The van der Waals surface area contributed by atoms with Gasteiger partial charge in [-0.1, -0.05) is 12.2 Å². The Morgan fingerprint density at radius 1 is 1.00 bits per heavy atom. The molecule has 0 radical (unpaired) electrons. The van der Waals surface area contributed by atoms with Crippen molar-refractivity contribution in [1.82, 2.24) is 10.9 Å². The largest absolute Gasteiger partial charge is 0.355 e. The summed E-state index contributed by atoms with van der Waals surface area (Å²) in [4.78, 5) is 10.9. The number of hydrogen-bond acceptors (Lipinski definition) is 3. The second-order valence-corrected chi connectivity index (χ2v) is 2.16. The molecule has 0 unspecified atom stereocenters. The summed E-state index contributed by atoms with van der Waals surface area (Å²) in [6.45, 7) is 3.71. The normalized spacial score (nSPS) is 12.1. The Labute approximate surface area is 83.3 Å². The quantitative estimate of drug-likeness (QED) is 0.515. The van der Waals surface area contributed by atoms with Gasteiger partial charge in [-0.3, -0.25) is 0 Å². The second-order valence-electron chi connectivity index (χ2n) is 2.16. The van der Waals surface area contributed by atoms with Gasteiger partial charge in [0, 0.05) is 12.4 Å². The number of carbonyl (C=O) groups excluding carboxylic acids is 1. The van der Waals surface area contributed by atoms with E-state index in [2.05, 4.69) is 21.1 Å². The van der Waals surface area contributed by atoms with Gasteiger partial charge < -0.3 is 0 Å². The third kappa shape index (κ3) is 8.19. The summed E-state index contributed by atoms with van der Waals surface area (Å²) >= 11 is 0. The molecule has 0 fully saturated rings. The van der Waals surface area contributed by atoms with Gasteiger partial charge in [0.2, 0.25) is 0 Å². The molecule has 0 aliphatic rings. The van der Waals surface area contributed by atoms with Crippen molar-refractivity contribution in [3.63, 3.8) is 0 Å². The first-order chi connectivity index (χ1) is 6.81. The van der Waals surface area contributed by atoms with Crippen molar-refractivity contribution in [2.75, 3.05) is 0 Å². The van der Waals surface area contributed by atoms with Crippen LogP contribution < -0.4 is 10.9 Å². The van der Waals surface area contributed by atoms with E-state index in [1.54, 1.807) is 24.3 Å². The molecule has 0 aromatic carbocycles. The number of urea groups is 1. The van der Waals surface area contributed by atoms with Gasteiger partial charge in [0.25, 0.3) is 0 Å². The molecule has 0 atom stereocenters. The molecule has 0 aliphatic carbocycles. The minimum atomic E-state index is -0.480. The fourth-order valence-corrected chi connectivity index (χ4v) is 0.475. The van der Waals surface area contributed by atoms with Gasteiger partial charge in [0.15, 0.2) is 0 Å². The van der Waals surface area contributed by atoms with Crippen LogP contribution in [0.2, 0.25) is 0 Å². The van der Waals surface area contributed by atoms with E-state index in [0.717, 1.165) is 0 Å². The van der Waals surface area contributed by atoms with E-state index in [9.17, 15) is 4.79 Å². The van der Waals surface area contributed by atoms with Gasteiger partial charge in [-0.25, -0.2) is 15.6 Å². The predicted octanol–water partition coefficient (Wildman–Crippen LogP) is 1.41. The number of rotatable bonds is 4. The summed E-state index contributed by atoms with van der Waals surface area (Å²) < 4.78 is 0. The van der Waals surface area contributed by atoms with Crippen LogP contribution in [0, 0.1) is 0 Å². The highest BCUT2D eigenvalue weighted by Gasteiger charge is 1.90. The molecule has 0 saturated heterocycles. The first kappa shape index (κ1) is 12.1. The van der Waals surface area contributed by atoms with E-state index in [-0.39, 0.29) is 0 Å². The lowest BCUT2D eigenvalue weighted by molar-refractivity contribution is 0.242. The monoisotopic (exact) mass is 194 g/mol. The summed E-state index contributed by atoms with van der Waals surface area (Å²) in [6.07, 6.45) is 9.93. The average Bonchev–Trinajstić information content (AvgIpc) is 2.19. The number of hydrazone groups is 2. The van der Waals surface area contributed by atoms with E-state index in [0.29, 0.717) is 0 Å². The number of allylic oxidation sites excluding steroid dienone is 4. The van der Waals surface area contributed by atoms with Gasteiger partial charge >= 0.3 is 6.03 Å². The van der Waals surface area contributed by atoms with Crippen molar-refractivity contribution >= 4 is 18.5 Å². The number of hydrogen-bond donors (Lipinski definition) is 2. The molecule has 0 heterocycles. The van der Waals surface area contributed by atoms with Crippen molar-refractivity contribution < 1.29 is 4.79 Å². The number of nitrogens with zero attached hydrogens (tertiary/aromatic N) is 2. The Kier molecular flexibility index (Phi) is 7.93. The topological polar surface area (TPSA) is 65.8 Å². The molecule has 5 heteroatoms. The average molecular weight is 194 g/mol. The van der Waals surface area contributed by atoms with E-state index in [1.165, 1.54) is 12.4 Å². The van der Waals surface area contributed by atoms with Gasteiger partial charge in [-0.2, -0.15) is 10.2 Å². The SMILES string of the molecule is C/C=C\C=N\NC(=O)N/N=C/C=C\C. The summed E-state index contributed by atoms with van der Waals surface area (Å²) in [7, 11) is 0. The third-order valence-corrected chi connectivity index (χ3v) is 1.04. The lowest BCUT2D eigenvalue weighted by atomic mass is 10.6. The summed E-state index contributed by atoms with van der Waals surface area (Å²) in [5.41, 5.74) is 4.45. The zero-order valence-corrected chi connectivity index (χ0v) is 8.27. The lowest BCUT2D eigenvalue weighted by Gasteiger charge is -1.94. The van der Waals surface area contributed by atoms with Gasteiger partial charge in [0.1, 0.15) is 0 Å². The molecule has 0 aliphatic heterocycles. The van der Waals surface area contributed by atoms with Crippen LogP contribution in [0.15, 0.2) is 34.5 Å². The van der Waals surface area contributed by atoms with Crippen LogP contribution in [0.3, 0.4) is 0 Å². The molecule has 2 N–H and O–H groups in total. The highest BCUT2D eigenvalue weighted by molar-refractivity contribution is 5.78. The van der Waals surface area contributed by atoms with Crippen LogP contribution in [0.4, 0.5) is 4.79 Å². The standard InChI is InChI=1S/C9H14N4O/c1-3-5-7-10-12-9(14)13-11-8-6-4-2/h3-8H,1-2H3,(H2,12,13,14)/b5-3-,6-4-,10-7+,11-8+. The molecule has 0 aromatic rings. The number of nitrogens with one attached hydrogen (secondary N) is 2. The van der Waals surface area contributed by atoms with Crippen molar-refractivity contribution in [3.8, 4) is 0 Å². The third-order valence-electron chi connectivity index (χ3n) is 1.04. The molecule has 5 nitrogen and oxygen atoms in total. The predicted molar refractivity (Wildman–Crippen MR) is 58.3 cm³/mol. The Morgan fingerprint density at radius 2 is 1.43 bits per heavy atom.